The molecular formula is C13H20FNOS. The number of halogens is 1. The van der Waals surface area contributed by atoms with Gasteiger partial charge in [0.05, 0.1) is 0 Å². The Morgan fingerprint density at radius 3 is 2.88 bits per heavy atom. The third-order valence-corrected chi connectivity index (χ3v) is 3.56. The molecule has 0 bridgehead atoms. The summed E-state index contributed by atoms with van der Waals surface area (Å²) in [5, 5.41) is 12.4. The van der Waals surface area contributed by atoms with E-state index in [2.05, 4.69) is 12.2 Å². The van der Waals surface area contributed by atoms with Crippen LogP contribution in [0, 0.1) is 5.82 Å². The van der Waals surface area contributed by atoms with E-state index in [1.807, 2.05) is 18.7 Å². The highest BCUT2D eigenvalue weighted by Gasteiger charge is 2.10. The summed E-state index contributed by atoms with van der Waals surface area (Å²) >= 11 is 1.91. The van der Waals surface area contributed by atoms with Crippen LogP contribution in [-0.2, 0) is 0 Å². The second-order valence-corrected chi connectivity index (χ2v) is 5.33. The van der Waals surface area contributed by atoms with Gasteiger partial charge in [-0.2, -0.15) is 11.8 Å². The van der Waals surface area contributed by atoms with Crippen molar-refractivity contribution in [3.8, 4) is 5.75 Å². The molecule has 0 heterocycles. The van der Waals surface area contributed by atoms with E-state index >= 15 is 0 Å². The summed E-state index contributed by atoms with van der Waals surface area (Å²) in [6.07, 6.45) is 1.09. The Hall–Kier alpha value is -0.740. The van der Waals surface area contributed by atoms with Crippen molar-refractivity contribution < 1.29 is 9.50 Å². The fraction of sp³-hybridized carbons (Fsp3) is 0.538. The highest BCUT2D eigenvalue weighted by atomic mass is 32.2. The summed E-state index contributed by atoms with van der Waals surface area (Å²) < 4.78 is 13.5. The Morgan fingerprint density at radius 2 is 2.24 bits per heavy atom. The molecule has 0 aliphatic rings. The number of hydrogen-bond donors (Lipinski definition) is 2. The van der Waals surface area contributed by atoms with E-state index in [0.29, 0.717) is 5.56 Å². The van der Waals surface area contributed by atoms with Crippen molar-refractivity contribution in [3.63, 3.8) is 0 Å². The molecule has 0 amide bonds. The quantitative estimate of drug-likeness (QED) is 0.735. The van der Waals surface area contributed by atoms with Gasteiger partial charge in [0, 0.05) is 17.7 Å². The minimum absolute atomic E-state index is 0.0257. The smallest absolute Gasteiger partial charge is 0.131 e. The van der Waals surface area contributed by atoms with Crippen molar-refractivity contribution in [3.05, 3.63) is 29.6 Å². The molecule has 1 atom stereocenters. The maximum atomic E-state index is 13.5. The zero-order valence-electron chi connectivity index (χ0n) is 10.4. The molecule has 96 valence electrons. The number of phenolic OH excluding ortho intramolecular Hbond substituents is 1. The van der Waals surface area contributed by atoms with E-state index < -0.39 is 0 Å². The average Bonchev–Trinajstić information content (AvgIpc) is 2.28. The first-order valence-corrected chi connectivity index (χ1v) is 7.10. The first kappa shape index (κ1) is 14.3. The van der Waals surface area contributed by atoms with E-state index in [1.165, 1.54) is 6.07 Å². The fourth-order valence-corrected chi connectivity index (χ4v) is 2.25. The molecule has 0 saturated carbocycles. The van der Waals surface area contributed by atoms with Gasteiger partial charge < -0.3 is 10.4 Å². The molecule has 0 aliphatic carbocycles. The van der Waals surface area contributed by atoms with Crippen LogP contribution < -0.4 is 5.32 Å². The molecular weight excluding hydrogens is 237 g/mol. The Bertz CT molecular complexity index is 346. The topological polar surface area (TPSA) is 32.3 Å². The first-order valence-electron chi connectivity index (χ1n) is 5.94. The summed E-state index contributed by atoms with van der Waals surface area (Å²) in [5.74, 6) is 1.89. The normalized spacial score (nSPS) is 12.6. The maximum Gasteiger partial charge on any atom is 0.131 e. The molecule has 1 aromatic carbocycles. The summed E-state index contributed by atoms with van der Waals surface area (Å²) in [5.41, 5.74) is 0.603. The average molecular weight is 257 g/mol. The Labute approximate surface area is 107 Å². The van der Waals surface area contributed by atoms with Crippen LogP contribution in [0.5, 0.6) is 5.75 Å². The van der Waals surface area contributed by atoms with E-state index in [0.717, 1.165) is 30.5 Å². The number of nitrogens with one attached hydrogen (secondary N) is 1. The largest absolute Gasteiger partial charge is 0.508 e. The molecule has 2 N–H and O–H groups in total. The van der Waals surface area contributed by atoms with Crippen molar-refractivity contribution in [2.45, 2.75) is 26.3 Å². The molecule has 0 saturated heterocycles. The highest BCUT2D eigenvalue weighted by molar-refractivity contribution is 7.99. The number of aromatic hydroxyl groups is 1. The SMILES string of the molecule is CCSCCCNC(C)c1ccc(O)cc1F. The molecule has 1 unspecified atom stereocenters. The molecule has 4 heteroatoms. The van der Waals surface area contributed by atoms with E-state index in [4.69, 9.17) is 5.11 Å². The lowest BCUT2D eigenvalue weighted by Gasteiger charge is -2.15. The number of benzene rings is 1. The molecule has 0 spiro atoms. The summed E-state index contributed by atoms with van der Waals surface area (Å²) in [6.45, 7) is 4.96. The van der Waals surface area contributed by atoms with Gasteiger partial charge in [-0.05, 0) is 37.5 Å². The Balaban J connectivity index is 2.38. The van der Waals surface area contributed by atoms with Crippen LogP contribution in [0.3, 0.4) is 0 Å². The first-order chi connectivity index (χ1) is 8.15. The number of phenols is 1. The van der Waals surface area contributed by atoms with Gasteiger partial charge in [-0.25, -0.2) is 4.39 Å². The van der Waals surface area contributed by atoms with Crippen LogP contribution in [0.25, 0.3) is 0 Å². The van der Waals surface area contributed by atoms with Crippen molar-refractivity contribution in [1.82, 2.24) is 5.32 Å². The van der Waals surface area contributed by atoms with Crippen LogP contribution >= 0.6 is 11.8 Å². The minimum atomic E-state index is -0.354. The van der Waals surface area contributed by atoms with Crippen LogP contribution in [-0.4, -0.2) is 23.2 Å². The third kappa shape index (κ3) is 4.96. The lowest BCUT2D eigenvalue weighted by atomic mass is 10.1. The van der Waals surface area contributed by atoms with Crippen LogP contribution in [0.4, 0.5) is 4.39 Å². The van der Waals surface area contributed by atoms with Gasteiger partial charge in [-0.15, -0.1) is 0 Å². The Kier molecular flexibility index (Phi) is 6.37. The van der Waals surface area contributed by atoms with Gasteiger partial charge >= 0.3 is 0 Å². The van der Waals surface area contributed by atoms with Gasteiger partial charge in [-0.3, -0.25) is 0 Å². The zero-order valence-corrected chi connectivity index (χ0v) is 11.2. The van der Waals surface area contributed by atoms with Gasteiger partial charge in [0.1, 0.15) is 11.6 Å². The monoisotopic (exact) mass is 257 g/mol. The predicted octanol–water partition coefficient (Wildman–Crippen LogP) is 3.33. The minimum Gasteiger partial charge on any atom is -0.508 e. The number of hydrogen-bond acceptors (Lipinski definition) is 3. The number of rotatable bonds is 7. The van der Waals surface area contributed by atoms with Crippen molar-refractivity contribution in [2.75, 3.05) is 18.1 Å². The van der Waals surface area contributed by atoms with E-state index in [-0.39, 0.29) is 17.6 Å². The predicted molar refractivity (Wildman–Crippen MR) is 72.1 cm³/mol. The zero-order chi connectivity index (χ0) is 12.7. The Morgan fingerprint density at radius 1 is 1.47 bits per heavy atom. The standard InChI is InChI=1S/C13H20FNOS/c1-3-17-8-4-7-15-10(2)12-6-5-11(16)9-13(12)14/h5-6,9-10,15-16H,3-4,7-8H2,1-2H3. The molecule has 1 rings (SSSR count). The lowest BCUT2D eigenvalue weighted by molar-refractivity contribution is 0.463. The molecule has 0 aromatic heterocycles. The van der Waals surface area contributed by atoms with E-state index in [9.17, 15) is 4.39 Å². The highest BCUT2D eigenvalue weighted by Crippen LogP contribution is 2.20. The second kappa shape index (κ2) is 7.56. The molecule has 2 nitrogen and oxygen atoms in total. The van der Waals surface area contributed by atoms with Crippen LogP contribution in [0.1, 0.15) is 31.9 Å². The van der Waals surface area contributed by atoms with Crippen LogP contribution in [0.2, 0.25) is 0 Å². The molecule has 1 aromatic rings. The van der Waals surface area contributed by atoms with Gasteiger partial charge in [0.2, 0.25) is 0 Å². The summed E-state index contributed by atoms with van der Waals surface area (Å²) in [4.78, 5) is 0. The van der Waals surface area contributed by atoms with Crippen molar-refractivity contribution in [2.24, 2.45) is 0 Å². The van der Waals surface area contributed by atoms with E-state index in [1.54, 1.807) is 6.07 Å². The molecule has 0 fully saturated rings. The molecule has 0 radical (unpaired) electrons. The second-order valence-electron chi connectivity index (χ2n) is 3.93. The maximum absolute atomic E-state index is 13.5. The summed E-state index contributed by atoms with van der Waals surface area (Å²) in [6, 6.07) is 4.27. The van der Waals surface area contributed by atoms with Crippen LogP contribution in [0.15, 0.2) is 18.2 Å². The number of thioether (sulfide) groups is 1. The molecule has 0 aliphatic heterocycles. The van der Waals surface area contributed by atoms with Gasteiger partial charge in [0.15, 0.2) is 0 Å². The van der Waals surface area contributed by atoms with Crippen molar-refractivity contribution in [1.29, 1.82) is 0 Å². The lowest BCUT2D eigenvalue weighted by Crippen LogP contribution is -2.21. The molecule has 17 heavy (non-hydrogen) atoms. The fourth-order valence-electron chi connectivity index (χ4n) is 1.61. The summed E-state index contributed by atoms with van der Waals surface area (Å²) in [7, 11) is 0. The van der Waals surface area contributed by atoms with Crippen molar-refractivity contribution >= 4 is 11.8 Å². The third-order valence-electron chi connectivity index (χ3n) is 2.57. The van der Waals surface area contributed by atoms with Gasteiger partial charge in [0.25, 0.3) is 0 Å². The van der Waals surface area contributed by atoms with Gasteiger partial charge in [-0.1, -0.05) is 13.0 Å².